The van der Waals surface area contributed by atoms with Crippen LogP contribution < -0.4 is 5.32 Å². The van der Waals surface area contributed by atoms with Gasteiger partial charge in [0.1, 0.15) is 0 Å². The highest BCUT2D eigenvalue weighted by Crippen LogP contribution is 2.31. The Bertz CT molecular complexity index is 558. The highest BCUT2D eigenvalue weighted by Gasteiger charge is 2.30. The number of likely N-dealkylation sites (tertiary alicyclic amines) is 1. The molecule has 112 valence electrons. The number of aryl methyl sites for hydroxylation is 1. The van der Waals surface area contributed by atoms with Crippen LogP contribution in [-0.4, -0.2) is 35.1 Å². The molecular formula is C16H20N2O3. The third-order valence-corrected chi connectivity index (χ3v) is 4.49. The van der Waals surface area contributed by atoms with E-state index in [2.05, 4.69) is 17.4 Å². The van der Waals surface area contributed by atoms with Crippen LogP contribution in [0.25, 0.3) is 0 Å². The number of carboxylic acid groups (broad SMARTS) is 1. The maximum Gasteiger partial charge on any atom is 0.317 e. The van der Waals surface area contributed by atoms with E-state index in [0.717, 1.165) is 19.3 Å². The largest absolute Gasteiger partial charge is 0.481 e. The maximum atomic E-state index is 12.4. The molecule has 2 aliphatic rings. The molecule has 5 nitrogen and oxygen atoms in total. The molecule has 1 aromatic carbocycles. The topological polar surface area (TPSA) is 69.6 Å². The van der Waals surface area contributed by atoms with Gasteiger partial charge in [0, 0.05) is 13.1 Å². The fourth-order valence-electron chi connectivity index (χ4n) is 3.31. The van der Waals surface area contributed by atoms with Gasteiger partial charge in [0.25, 0.3) is 0 Å². The molecule has 5 heteroatoms. The molecule has 2 unspecified atom stereocenters. The van der Waals surface area contributed by atoms with Crippen molar-refractivity contribution < 1.29 is 14.7 Å². The molecule has 2 atom stereocenters. The molecule has 0 spiro atoms. The lowest BCUT2D eigenvalue weighted by Crippen LogP contribution is -2.47. The Balaban J connectivity index is 1.63. The molecular weight excluding hydrogens is 268 g/mol. The van der Waals surface area contributed by atoms with Gasteiger partial charge in [0.15, 0.2) is 0 Å². The Labute approximate surface area is 123 Å². The van der Waals surface area contributed by atoms with E-state index in [0.29, 0.717) is 19.5 Å². The summed E-state index contributed by atoms with van der Waals surface area (Å²) in [5.41, 5.74) is 2.49. The number of rotatable bonds is 2. The monoisotopic (exact) mass is 288 g/mol. The van der Waals surface area contributed by atoms with Crippen LogP contribution >= 0.6 is 0 Å². The molecule has 2 amide bonds. The number of carbonyl (C=O) groups excluding carboxylic acids is 1. The van der Waals surface area contributed by atoms with Crippen molar-refractivity contribution in [1.82, 2.24) is 10.2 Å². The van der Waals surface area contributed by atoms with Crippen LogP contribution in [0.3, 0.4) is 0 Å². The van der Waals surface area contributed by atoms with Crippen LogP contribution in [0.15, 0.2) is 24.3 Å². The van der Waals surface area contributed by atoms with E-state index in [-0.39, 0.29) is 12.1 Å². The minimum atomic E-state index is -0.807. The van der Waals surface area contributed by atoms with Gasteiger partial charge in [0.05, 0.1) is 12.0 Å². The zero-order valence-electron chi connectivity index (χ0n) is 11.9. The molecule has 0 radical (unpaired) electrons. The number of carboxylic acids is 1. The number of hydrogen-bond donors (Lipinski definition) is 2. The molecule has 1 aliphatic carbocycles. The highest BCUT2D eigenvalue weighted by molar-refractivity contribution is 5.77. The van der Waals surface area contributed by atoms with E-state index in [9.17, 15) is 9.59 Å². The molecule has 1 aliphatic heterocycles. The zero-order valence-corrected chi connectivity index (χ0v) is 11.9. The van der Waals surface area contributed by atoms with Crippen LogP contribution in [0.2, 0.25) is 0 Å². The first-order valence-electron chi connectivity index (χ1n) is 7.51. The van der Waals surface area contributed by atoms with Crippen molar-refractivity contribution in [3.8, 4) is 0 Å². The second-order valence-electron chi connectivity index (χ2n) is 5.86. The normalized spacial score (nSPS) is 24.5. The number of benzene rings is 1. The van der Waals surface area contributed by atoms with E-state index in [1.54, 1.807) is 4.90 Å². The summed E-state index contributed by atoms with van der Waals surface area (Å²) in [6.07, 6.45) is 3.32. The van der Waals surface area contributed by atoms with E-state index in [4.69, 9.17) is 5.11 Å². The Morgan fingerprint density at radius 3 is 2.86 bits per heavy atom. The number of nitrogens with zero attached hydrogens (tertiary/aromatic N) is 1. The van der Waals surface area contributed by atoms with Gasteiger partial charge >= 0.3 is 12.0 Å². The van der Waals surface area contributed by atoms with Gasteiger partial charge in [0.2, 0.25) is 0 Å². The number of fused-ring (bicyclic) bond motifs is 1. The Hall–Kier alpha value is -2.04. The zero-order chi connectivity index (χ0) is 14.8. The van der Waals surface area contributed by atoms with Crippen LogP contribution in [0.5, 0.6) is 0 Å². The molecule has 3 rings (SSSR count). The average Bonchev–Trinajstić information content (AvgIpc) is 2.91. The van der Waals surface area contributed by atoms with E-state index in [1.165, 1.54) is 11.1 Å². The van der Waals surface area contributed by atoms with Crippen molar-refractivity contribution in [2.45, 2.75) is 31.7 Å². The predicted octanol–water partition coefficient (Wildman–Crippen LogP) is 2.18. The van der Waals surface area contributed by atoms with Gasteiger partial charge in [-0.3, -0.25) is 4.79 Å². The fourth-order valence-corrected chi connectivity index (χ4v) is 3.31. The average molecular weight is 288 g/mol. The number of aliphatic carboxylic acids is 1. The van der Waals surface area contributed by atoms with Crippen molar-refractivity contribution in [2.24, 2.45) is 5.92 Å². The number of carbonyl (C=O) groups is 2. The summed E-state index contributed by atoms with van der Waals surface area (Å²) in [6, 6.07) is 8.09. The van der Waals surface area contributed by atoms with Gasteiger partial charge < -0.3 is 15.3 Å². The summed E-state index contributed by atoms with van der Waals surface area (Å²) in [5, 5.41) is 12.2. The van der Waals surface area contributed by atoms with Crippen LogP contribution in [0.1, 0.15) is 36.4 Å². The standard InChI is InChI=1S/C16H20N2O3/c19-15(20)12-5-3-9-18(10-12)16(21)17-14-8-7-11-4-1-2-6-13(11)14/h1-2,4,6,12,14H,3,5,7-10H2,(H,17,21)(H,19,20). The Morgan fingerprint density at radius 2 is 2.05 bits per heavy atom. The van der Waals surface area contributed by atoms with Gasteiger partial charge in [-0.25, -0.2) is 4.79 Å². The number of piperidine rings is 1. The van der Waals surface area contributed by atoms with Gasteiger partial charge in [-0.1, -0.05) is 24.3 Å². The third kappa shape index (κ3) is 2.86. The van der Waals surface area contributed by atoms with Crippen LogP contribution in [0.4, 0.5) is 4.79 Å². The summed E-state index contributed by atoms with van der Waals surface area (Å²) in [6.45, 7) is 0.958. The first kappa shape index (κ1) is 13.9. The summed E-state index contributed by atoms with van der Waals surface area (Å²) in [5.74, 6) is -1.24. The number of amides is 2. The SMILES string of the molecule is O=C(O)C1CCCN(C(=O)NC2CCc3ccccc32)C1. The first-order valence-corrected chi connectivity index (χ1v) is 7.51. The number of urea groups is 1. The van der Waals surface area contributed by atoms with E-state index < -0.39 is 11.9 Å². The second kappa shape index (κ2) is 5.76. The smallest absolute Gasteiger partial charge is 0.317 e. The number of hydrogen-bond acceptors (Lipinski definition) is 2. The quantitative estimate of drug-likeness (QED) is 0.876. The van der Waals surface area contributed by atoms with Crippen molar-refractivity contribution in [3.63, 3.8) is 0 Å². The van der Waals surface area contributed by atoms with E-state index in [1.807, 2.05) is 12.1 Å². The molecule has 0 bridgehead atoms. The predicted molar refractivity (Wildman–Crippen MR) is 78.0 cm³/mol. The molecule has 21 heavy (non-hydrogen) atoms. The first-order chi connectivity index (χ1) is 10.1. The fraction of sp³-hybridized carbons (Fsp3) is 0.500. The molecule has 0 aromatic heterocycles. The summed E-state index contributed by atoms with van der Waals surface area (Å²) in [7, 11) is 0. The summed E-state index contributed by atoms with van der Waals surface area (Å²) >= 11 is 0. The van der Waals surface area contributed by atoms with E-state index >= 15 is 0 Å². The van der Waals surface area contributed by atoms with Crippen LogP contribution in [0, 0.1) is 5.92 Å². The van der Waals surface area contributed by atoms with Crippen molar-refractivity contribution in [2.75, 3.05) is 13.1 Å². The maximum absolute atomic E-state index is 12.4. The minimum absolute atomic E-state index is 0.0545. The molecule has 1 saturated heterocycles. The molecule has 1 heterocycles. The molecule has 2 N–H and O–H groups in total. The Morgan fingerprint density at radius 1 is 1.24 bits per heavy atom. The molecule has 1 aromatic rings. The molecule has 0 saturated carbocycles. The third-order valence-electron chi connectivity index (χ3n) is 4.49. The van der Waals surface area contributed by atoms with Gasteiger partial charge in [-0.15, -0.1) is 0 Å². The van der Waals surface area contributed by atoms with Crippen molar-refractivity contribution in [3.05, 3.63) is 35.4 Å². The highest BCUT2D eigenvalue weighted by atomic mass is 16.4. The molecule has 1 fully saturated rings. The second-order valence-corrected chi connectivity index (χ2v) is 5.86. The minimum Gasteiger partial charge on any atom is -0.481 e. The lowest BCUT2D eigenvalue weighted by molar-refractivity contribution is -0.143. The van der Waals surface area contributed by atoms with Gasteiger partial charge in [-0.05, 0) is 36.8 Å². The number of nitrogens with one attached hydrogen (secondary N) is 1. The van der Waals surface area contributed by atoms with Crippen LogP contribution in [-0.2, 0) is 11.2 Å². The lowest BCUT2D eigenvalue weighted by atomic mass is 9.98. The van der Waals surface area contributed by atoms with Gasteiger partial charge in [-0.2, -0.15) is 0 Å². The summed E-state index contributed by atoms with van der Waals surface area (Å²) < 4.78 is 0. The van der Waals surface area contributed by atoms with Crippen molar-refractivity contribution >= 4 is 12.0 Å². The van der Waals surface area contributed by atoms with Crippen molar-refractivity contribution in [1.29, 1.82) is 0 Å². The summed E-state index contributed by atoms with van der Waals surface area (Å²) in [4.78, 5) is 25.1. The Kier molecular flexibility index (Phi) is 3.82. The lowest BCUT2D eigenvalue weighted by Gasteiger charge is -2.31.